The average molecular weight is 539 g/mol. The molecule has 3 aromatic rings. The Morgan fingerprint density at radius 3 is 2.38 bits per heavy atom. The van der Waals surface area contributed by atoms with Crippen LogP contribution in [-0.2, 0) is 6.54 Å². The molecule has 2 N–H and O–H groups in total. The third-order valence-electron chi connectivity index (χ3n) is 7.66. The van der Waals surface area contributed by atoms with Crippen LogP contribution in [0.25, 0.3) is 0 Å². The first-order chi connectivity index (χ1) is 18.8. The fourth-order valence-electron chi connectivity index (χ4n) is 5.69. The molecule has 1 unspecified atom stereocenters. The topological polar surface area (TPSA) is 83.6 Å². The molecule has 0 radical (unpaired) electrons. The van der Waals surface area contributed by atoms with Crippen molar-refractivity contribution in [1.82, 2.24) is 15.6 Å². The normalized spacial score (nSPS) is 20.0. The molecule has 10 heteroatoms. The minimum Gasteiger partial charge on any atom is -0.496 e. The van der Waals surface area contributed by atoms with Crippen molar-refractivity contribution < 1.29 is 27.5 Å². The van der Waals surface area contributed by atoms with E-state index in [1.807, 2.05) is 13.0 Å². The lowest BCUT2D eigenvalue weighted by Crippen LogP contribution is -2.50. The van der Waals surface area contributed by atoms with Crippen LogP contribution in [0.5, 0.6) is 5.75 Å². The molecule has 39 heavy (non-hydrogen) atoms. The summed E-state index contributed by atoms with van der Waals surface area (Å²) in [6, 6.07) is 10.7. The van der Waals surface area contributed by atoms with E-state index in [9.17, 15) is 22.8 Å². The first-order valence-corrected chi connectivity index (χ1v) is 12.9. The van der Waals surface area contributed by atoms with Crippen LogP contribution in [0.4, 0.5) is 19.0 Å². The number of nitrogens with one attached hydrogen (secondary N) is 2. The Hall–Kier alpha value is -4.08. The lowest BCUT2D eigenvalue weighted by Gasteiger charge is -2.40. The summed E-state index contributed by atoms with van der Waals surface area (Å²) < 4.78 is 46.5. The summed E-state index contributed by atoms with van der Waals surface area (Å²) in [7, 11) is 1.58. The Morgan fingerprint density at radius 2 is 1.72 bits per heavy atom. The quantitative estimate of drug-likeness (QED) is 0.427. The van der Waals surface area contributed by atoms with Crippen LogP contribution in [-0.4, -0.2) is 42.0 Å². The first-order valence-electron chi connectivity index (χ1n) is 12.9. The van der Waals surface area contributed by atoms with Crippen molar-refractivity contribution >= 4 is 17.6 Å². The highest BCUT2D eigenvalue weighted by atomic mass is 19.2. The van der Waals surface area contributed by atoms with Crippen LogP contribution in [0, 0.1) is 24.4 Å². The van der Waals surface area contributed by atoms with E-state index >= 15 is 0 Å². The van der Waals surface area contributed by atoms with Gasteiger partial charge in [-0.2, -0.15) is 0 Å². The van der Waals surface area contributed by atoms with Gasteiger partial charge in [-0.3, -0.25) is 9.59 Å². The molecule has 0 spiro atoms. The van der Waals surface area contributed by atoms with Crippen molar-refractivity contribution in [2.24, 2.45) is 0 Å². The number of piperidine rings is 1. The van der Waals surface area contributed by atoms with Gasteiger partial charge < -0.3 is 20.3 Å². The zero-order valence-electron chi connectivity index (χ0n) is 21.6. The van der Waals surface area contributed by atoms with Gasteiger partial charge in [-0.05, 0) is 69.0 Å². The minimum absolute atomic E-state index is 0.0329. The van der Waals surface area contributed by atoms with E-state index in [-0.39, 0.29) is 29.6 Å². The van der Waals surface area contributed by atoms with Crippen molar-refractivity contribution in [1.29, 1.82) is 0 Å². The number of ether oxygens (including phenoxy) is 1. The molecule has 7 nitrogen and oxygen atoms in total. The van der Waals surface area contributed by atoms with Gasteiger partial charge in [-0.25, -0.2) is 18.2 Å². The van der Waals surface area contributed by atoms with Crippen molar-refractivity contribution in [3.05, 3.63) is 88.4 Å². The zero-order chi connectivity index (χ0) is 27.7. The van der Waals surface area contributed by atoms with Crippen LogP contribution < -0.4 is 20.3 Å². The SMILES string of the molecule is COc1cccc(C(=O)NC2C[C@H]3CC[C@@H](C2)N3c2ccc(C(=O)NCc3c(F)ccc(F)c3F)cn2)c1C. The third kappa shape index (κ3) is 5.28. The number of halogens is 3. The number of hydrogen-bond acceptors (Lipinski definition) is 5. The van der Waals surface area contributed by atoms with Crippen molar-refractivity contribution in [3.63, 3.8) is 0 Å². The molecule has 204 valence electrons. The van der Waals surface area contributed by atoms with Gasteiger partial charge in [-0.15, -0.1) is 0 Å². The maximum Gasteiger partial charge on any atom is 0.253 e. The molecule has 3 atom stereocenters. The number of amides is 2. The number of rotatable bonds is 7. The third-order valence-corrected chi connectivity index (χ3v) is 7.66. The second-order valence-corrected chi connectivity index (χ2v) is 9.98. The summed E-state index contributed by atoms with van der Waals surface area (Å²) in [4.78, 5) is 32.3. The molecule has 2 fully saturated rings. The number of nitrogens with zero attached hydrogens (tertiary/aromatic N) is 2. The summed E-state index contributed by atoms with van der Waals surface area (Å²) in [5, 5.41) is 5.61. The predicted molar refractivity (Wildman–Crippen MR) is 139 cm³/mol. The molecule has 2 aliphatic heterocycles. The number of pyridine rings is 1. The highest BCUT2D eigenvalue weighted by Gasteiger charge is 2.42. The largest absolute Gasteiger partial charge is 0.496 e. The molecule has 2 amide bonds. The Labute approximate surface area is 224 Å². The van der Waals surface area contributed by atoms with Crippen LogP contribution in [0.15, 0.2) is 48.7 Å². The lowest BCUT2D eigenvalue weighted by atomic mass is 9.96. The van der Waals surface area contributed by atoms with Gasteiger partial charge in [0.15, 0.2) is 11.6 Å². The molecule has 5 rings (SSSR count). The molecule has 2 aromatic carbocycles. The maximum absolute atomic E-state index is 13.9. The number of aromatic nitrogens is 1. The van der Waals surface area contributed by atoms with Crippen molar-refractivity contribution in [3.8, 4) is 5.75 Å². The number of anilines is 1. The fraction of sp³-hybridized carbons (Fsp3) is 0.345. The van der Waals surface area contributed by atoms with Crippen molar-refractivity contribution in [2.75, 3.05) is 12.0 Å². The number of carbonyl (C=O) groups is 2. The van der Waals surface area contributed by atoms with E-state index in [0.717, 1.165) is 43.1 Å². The van der Waals surface area contributed by atoms with Gasteiger partial charge in [-0.1, -0.05) is 6.07 Å². The van der Waals surface area contributed by atoms with Gasteiger partial charge in [0.25, 0.3) is 11.8 Å². The lowest BCUT2D eigenvalue weighted by molar-refractivity contribution is 0.0923. The fourth-order valence-corrected chi connectivity index (χ4v) is 5.69. The molecule has 2 bridgehead atoms. The van der Waals surface area contributed by atoms with E-state index < -0.39 is 35.5 Å². The summed E-state index contributed by atoms with van der Waals surface area (Å²) in [6.07, 6.45) is 4.93. The molecule has 0 saturated carbocycles. The van der Waals surface area contributed by atoms with Gasteiger partial charge in [0, 0.05) is 47.6 Å². The summed E-state index contributed by atoms with van der Waals surface area (Å²) in [6.45, 7) is 1.38. The van der Waals surface area contributed by atoms with E-state index in [1.54, 1.807) is 31.4 Å². The predicted octanol–water partition coefficient (Wildman–Crippen LogP) is 4.68. The van der Waals surface area contributed by atoms with E-state index in [0.29, 0.717) is 17.4 Å². The second kappa shape index (κ2) is 11.0. The van der Waals surface area contributed by atoms with Gasteiger partial charge in [0.05, 0.1) is 12.7 Å². The number of methoxy groups -OCH3 is 1. The Balaban J connectivity index is 1.21. The molecular weight excluding hydrogens is 509 g/mol. The molecule has 2 aliphatic rings. The molecular formula is C29H29F3N4O3. The van der Waals surface area contributed by atoms with E-state index in [2.05, 4.69) is 20.5 Å². The van der Waals surface area contributed by atoms with E-state index in [4.69, 9.17) is 4.74 Å². The Bertz CT molecular complexity index is 1390. The van der Waals surface area contributed by atoms with Crippen LogP contribution in [0.1, 0.15) is 57.5 Å². The number of hydrogen-bond donors (Lipinski definition) is 2. The summed E-state index contributed by atoms with van der Waals surface area (Å²) >= 11 is 0. The number of carbonyl (C=O) groups excluding carboxylic acids is 2. The smallest absolute Gasteiger partial charge is 0.253 e. The Kier molecular flexibility index (Phi) is 7.45. The molecule has 1 aromatic heterocycles. The van der Waals surface area contributed by atoms with Crippen molar-refractivity contribution in [2.45, 2.75) is 57.3 Å². The highest BCUT2D eigenvalue weighted by molar-refractivity contribution is 5.96. The molecule has 2 saturated heterocycles. The average Bonchev–Trinajstić information content (AvgIpc) is 3.20. The van der Waals surface area contributed by atoms with Gasteiger partial charge >= 0.3 is 0 Å². The van der Waals surface area contributed by atoms with Gasteiger partial charge in [0.2, 0.25) is 0 Å². The van der Waals surface area contributed by atoms with Crippen LogP contribution in [0.3, 0.4) is 0 Å². The van der Waals surface area contributed by atoms with Crippen LogP contribution >= 0.6 is 0 Å². The summed E-state index contributed by atoms with van der Waals surface area (Å²) in [5.41, 5.74) is 1.08. The minimum atomic E-state index is -1.32. The number of fused-ring (bicyclic) bond motifs is 2. The second-order valence-electron chi connectivity index (χ2n) is 9.98. The summed E-state index contributed by atoms with van der Waals surface area (Å²) in [5.74, 6) is -2.72. The molecule has 0 aliphatic carbocycles. The highest BCUT2D eigenvalue weighted by Crippen LogP contribution is 2.38. The van der Waals surface area contributed by atoms with Gasteiger partial charge in [0.1, 0.15) is 17.4 Å². The monoisotopic (exact) mass is 538 g/mol. The maximum atomic E-state index is 13.9. The van der Waals surface area contributed by atoms with E-state index in [1.165, 1.54) is 6.20 Å². The standard InChI is InChI=1S/C29H29F3N4O3/c1-16-21(4-3-5-25(16)39-2)29(38)35-18-12-19-7-8-20(13-18)36(19)26-11-6-17(14-33-26)28(37)34-15-22-23(30)9-10-24(31)27(22)32/h3-6,9-11,14,18-20H,7-8,12-13,15H2,1-2H3,(H,34,37)(H,35,38)/t18?,19-,20+. The Morgan fingerprint density at radius 1 is 1.00 bits per heavy atom. The first kappa shape index (κ1) is 26.5. The zero-order valence-corrected chi connectivity index (χ0v) is 21.6. The van der Waals surface area contributed by atoms with Crippen LogP contribution in [0.2, 0.25) is 0 Å². The number of benzene rings is 2. The molecule has 3 heterocycles.